The number of hydrogen-bond acceptors (Lipinski definition) is 2. The summed E-state index contributed by atoms with van der Waals surface area (Å²) in [5.74, 6) is -0.568. The third kappa shape index (κ3) is 2.85. The lowest BCUT2D eigenvalue weighted by molar-refractivity contribution is 0.0923. The van der Waals surface area contributed by atoms with E-state index in [4.69, 9.17) is 16.0 Å². The highest BCUT2D eigenvalue weighted by Gasteiger charge is 2.08. The van der Waals surface area contributed by atoms with Crippen LogP contribution in [0.1, 0.15) is 16.1 Å². The molecule has 0 unspecified atom stereocenters. The predicted molar refractivity (Wildman–Crippen MR) is 61.3 cm³/mol. The molecule has 17 heavy (non-hydrogen) atoms. The van der Waals surface area contributed by atoms with Crippen molar-refractivity contribution >= 4 is 17.5 Å². The van der Waals surface area contributed by atoms with Crippen molar-refractivity contribution in [1.29, 1.82) is 0 Å². The van der Waals surface area contributed by atoms with Crippen molar-refractivity contribution in [3.8, 4) is 0 Å². The third-order valence-electron chi connectivity index (χ3n) is 2.18. The van der Waals surface area contributed by atoms with Crippen molar-refractivity contribution in [2.75, 3.05) is 0 Å². The molecule has 1 aromatic heterocycles. The van der Waals surface area contributed by atoms with E-state index in [0.717, 1.165) is 5.56 Å². The molecule has 1 amide bonds. The number of furan rings is 1. The van der Waals surface area contributed by atoms with Gasteiger partial charge < -0.3 is 9.73 Å². The van der Waals surface area contributed by atoms with Crippen LogP contribution in [0.2, 0.25) is 5.02 Å². The largest absolute Gasteiger partial charge is 0.459 e. The van der Waals surface area contributed by atoms with Crippen LogP contribution < -0.4 is 5.32 Å². The average molecular weight is 254 g/mol. The highest BCUT2D eigenvalue weighted by atomic mass is 35.5. The van der Waals surface area contributed by atoms with Crippen molar-refractivity contribution in [2.24, 2.45) is 0 Å². The molecule has 0 fully saturated rings. The molecule has 1 N–H and O–H groups in total. The van der Waals surface area contributed by atoms with Crippen molar-refractivity contribution in [1.82, 2.24) is 5.32 Å². The van der Waals surface area contributed by atoms with Gasteiger partial charge in [-0.25, -0.2) is 4.39 Å². The summed E-state index contributed by atoms with van der Waals surface area (Å²) in [7, 11) is 0. The number of benzene rings is 1. The second-order valence-corrected chi connectivity index (χ2v) is 3.82. The Kier molecular flexibility index (Phi) is 3.44. The Hall–Kier alpha value is -1.81. The van der Waals surface area contributed by atoms with E-state index in [-0.39, 0.29) is 23.2 Å². The fourth-order valence-electron chi connectivity index (χ4n) is 1.33. The van der Waals surface area contributed by atoms with Crippen LogP contribution in [0.5, 0.6) is 0 Å². The Morgan fingerprint density at radius 1 is 1.41 bits per heavy atom. The third-order valence-corrected chi connectivity index (χ3v) is 2.47. The van der Waals surface area contributed by atoms with E-state index >= 15 is 0 Å². The molecule has 0 aliphatic rings. The fraction of sp³-hybridized carbons (Fsp3) is 0.0833. The van der Waals surface area contributed by atoms with Crippen LogP contribution in [0, 0.1) is 5.82 Å². The molecule has 0 saturated heterocycles. The number of carbonyl (C=O) groups excluding carboxylic acids is 1. The van der Waals surface area contributed by atoms with Gasteiger partial charge in [0.05, 0.1) is 11.3 Å². The molecule has 2 rings (SSSR count). The van der Waals surface area contributed by atoms with E-state index in [1.54, 1.807) is 18.2 Å². The van der Waals surface area contributed by atoms with Crippen molar-refractivity contribution in [2.45, 2.75) is 6.54 Å². The first-order chi connectivity index (χ1) is 8.16. The Morgan fingerprint density at radius 3 is 2.88 bits per heavy atom. The van der Waals surface area contributed by atoms with Gasteiger partial charge >= 0.3 is 0 Å². The van der Waals surface area contributed by atoms with E-state index in [2.05, 4.69) is 5.32 Å². The van der Waals surface area contributed by atoms with Crippen LogP contribution in [0.4, 0.5) is 4.39 Å². The molecule has 0 aliphatic heterocycles. The maximum absolute atomic E-state index is 12.9. The molecule has 1 aromatic carbocycles. The SMILES string of the molecule is O=C(NCc1ccc(F)c(Cl)c1)c1ccco1. The van der Waals surface area contributed by atoms with Crippen LogP contribution in [0.3, 0.4) is 0 Å². The fourth-order valence-corrected chi connectivity index (χ4v) is 1.53. The zero-order chi connectivity index (χ0) is 12.3. The number of rotatable bonds is 3. The number of amides is 1. The summed E-state index contributed by atoms with van der Waals surface area (Å²) in [6.07, 6.45) is 1.42. The summed E-state index contributed by atoms with van der Waals surface area (Å²) in [5.41, 5.74) is 0.719. The molecule has 5 heteroatoms. The molecule has 0 saturated carbocycles. The minimum Gasteiger partial charge on any atom is -0.459 e. The molecule has 0 spiro atoms. The van der Waals surface area contributed by atoms with Crippen LogP contribution in [0.15, 0.2) is 41.0 Å². The first kappa shape index (κ1) is 11.7. The van der Waals surface area contributed by atoms with Gasteiger partial charge in [-0.1, -0.05) is 17.7 Å². The second-order valence-electron chi connectivity index (χ2n) is 3.41. The minimum atomic E-state index is -0.479. The molecule has 0 atom stereocenters. The molecule has 2 aromatic rings. The Balaban J connectivity index is 1.98. The van der Waals surface area contributed by atoms with E-state index in [1.165, 1.54) is 18.4 Å². The molecular formula is C12H9ClFNO2. The number of hydrogen-bond donors (Lipinski definition) is 1. The van der Waals surface area contributed by atoms with E-state index in [0.29, 0.717) is 0 Å². The maximum Gasteiger partial charge on any atom is 0.287 e. The van der Waals surface area contributed by atoms with Crippen molar-refractivity contribution in [3.63, 3.8) is 0 Å². The van der Waals surface area contributed by atoms with Gasteiger partial charge in [-0.05, 0) is 29.8 Å². The average Bonchev–Trinajstić information content (AvgIpc) is 2.84. The van der Waals surface area contributed by atoms with Crippen LogP contribution in [0.25, 0.3) is 0 Å². The Bertz CT molecular complexity index is 525. The van der Waals surface area contributed by atoms with E-state index < -0.39 is 5.82 Å². The van der Waals surface area contributed by atoms with Crippen molar-refractivity contribution < 1.29 is 13.6 Å². The summed E-state index contributed by atoms with van der Waals surface area (Å²) in [5, 5.41) is 2.67. The summed E-state index contributed by atoms with van der Waals surface area (Å²) in [6.45, 7) is 0.263. The molecular weight excluding hydrogens is 245 g/mol. The Morgan fingerprint density at radius 2 is 2.24 bits per heavy atom. The maximum atomic E-state index is 12.9. The van der Waals surface area contributed by atoms with Gasteiger partial charge in [-0.2, -0.15) is 0 Å². The lowest BCUT2D eigenvalue weighted by atomic mass is 10.2. The highest BCUT2D eigenvalue weighted by molar-refractivity contribution is 6.30. The normalized spacial score (nSPS) is 10.2. The van der Waals surface area contributed by atoms with Gasteiger partial charge in [-0.3, -0.25) is 4.79 Å². The zero-order valence-corrected chi connectivity index (χ0v) is 9.50. The highest BCUT2D eigenvalue weighted by Crippen LogP contribution is 2.15. The van der Waals surface area contributed by atoms with Crippen LogP contribution in [-0.2, 0) is 6.54 Å². The lowest BCUT2D eigenvalue weighted by Gasteiger charge is -2.04. The van der Waals surface area contributed by atoms with Gasteiger partial charge in [-0.15, -0.1) is 0 Å². The van der Waals surface area contributed by atoms with Gasteiger partial charge in [0, 0.05) is 6.54 Å². The number of nitrogens with one attached hydrogen (secondary N) is 1. The van der Waals surface area contributed by atoms with Gasteiger partial charge in [0.2, 0.25) is 0 Å². The van der Waals surface area contributed by atoms with E-state index in [9.17, 15) is 9.18 Å². The predicted octanol–water partition coefficient (Wildman–Crippen LogP) is 3.00. The Labute approximate surface area is 102 Å². The first-order valence-electron chi connectivity index (χ1n) is 4.92. The van der Waals surface area contributed by atoms with Gasteiger partial charge in [0.15, 0.2) is 5.76 Å². The van der Waals surface area contributed by atoms with E-state index in [1.807, 2.05) is 0 Å². The van der Waals surface area contributed by atoms with Crippen LogP contribution >= 0.6 is 11.6 Å². The number of carbonyl (C=O) groups is 1. The molecule has 0 bridgehead atoms. The quantitative estimate of drug-likeness (QED) is 0.914. The van der Waals surface area contributed by atoms with Gasteiger partial charge in [0.1, 0.15) is 5.82 Å². The summed E-state index contributed by atoms with van der Waals surface area (Å²) < 4.78 is 17.8. The zero-order valence-electron chi connectivity index (χ0n) is 8.74. The molecule has 1 heterocycles. The smallest absolute Gasteiger partial charge is 0.287 e. The van der Waals surface area contributed by atoms with Gasteiger partial charge in [0.25, 0.3) is 5.91 Å². The molecule has 88 valence electrons. The summed E-state index contributed by atoms with van der Waals surface area (Å²) in [6, 6.07) is 7.48. The van der Waals surface area contributed by atoms with Crippen molar-refractivity contribution in [3.05, 3.63) is 58.8 Å². The standard InChI is InChI=1S/C12H9ClFNO2/c13-9-6-8(3-4-10(9)14)7-15-12(16)11-2-1-5-17-11/h1-6H,7H2,(H,15,16). The molecule has 0 aliphatic carbocycles. The number of halogens is 2. The second kappa shape index (κ2) is 5.01. The summed E-state index contributed by atoms with van der Waals surface area (Å²) >= 11 is 5.62. The summed E-state index contributed by atoms with van der Waals surface area (Å²) in [4.78, 5) is 11.5. The lowest BCUT2D eigenvalue weighted by Crippen LogP contribution is -2.22. The van der Waals surface area contributed by atoms with Crippen LogP contribution in [-0.4, -0.2) is 5.91 Å². The minimum absolute atomic E-state index is 0.0368. The monoisotopic (exact) mass is 253 g/mol. The molecule has 3 nitrogen and oxygen atoms in total. The topological polar surface area (TPSA) is 42.2 Å². The first-order valence-corrected chi connectivity index (χ1v) is 5.30. The molecule has 0 radical (unpaired) electrons.